The topological polar surface area (TPSA) is 29.5 Å². The number of benzene rings is 3. The van der Waals surface area contributed by atoms with Gasteiger partial charge >= 0.3 is 5.97 Å². The molecule has 3 heteroatoms. The molecule has 3 nitrogen and oxygen atoms in total. The highest BCUT2D eigenvalue weighted by Crippen LogP contribution is 2.24. The van der Waals surface area contributed by atoms with Crippen LogP contribution in [0.2, 0.25) is 0 Å². The maximum Gasteiger partial charge on any atom is 0.326 e. The number of ether oxygens (including phenoxy) is 1. The lowest BCUT2D eigenvalue weighted by Crippen LogP contribution is -2.26. The van der Waals surface area contributed by atoms with Crippen molar-refractivity contribution in [3.05, 3.63) is 96.6 Å². The summed E-state index contributed by atoms with van der Waals surface area (Å²) in [6, 6.07) is 29.4. The van der Waals surface area contributed by atoms with E-state index in [-0.39, 0.29) is 19.1 Å². The van der Waals surface area contributed by atoms with Gasteiger partial charge in [0.05, 0.1) is 0 Å². The number of nitrogens with zero attached hydrogens (tertiary/aromatic N) is 1. The van der Waals surface area contributed by atoms with Crippen molar-refractivity contribution in [2.45, 2.75) is 6.61 Å². The molecule has 0 unspecified atom stereocenters. The van der Waals surface area contributed by atoms with Gasteiger partial charge in [0.1, 0.15) is 13.2 Å². The second kappa shape index (κ2) is 7.97. The number of hydrogen-bond acceptors (Lipinski definition) is 3. The molecule has 3 rings (SSSR count). The van der Waals surface area contributed by atoms with Gasteiger partial charge in [0, 0.05) is 11.4 Å². The van der Waals surface area contributed by atoms with Crippen LogP contribution in [0.4, 0.5) is 11.4 Å². The van der Waals surface area contributed by atoms with Crippen LogP contribution in [-0.2, 0) is 16.1 Å². The molecule has 0 aliphatic carbocycles. The van der Waals surface area contributed by atoms with E-state index in [4.69, 9.17) is 4.74 Å². The van der Waals surface area contributed by atoms with E-state index < -0.39 is 0 Å². The van der Waals surface area contributed by atoms with E-state index in [1.165, 1.54) is 0 Å². The highest BCUT2D eigenvalue weighted by atomic mass is 16.5. The number of hydrogen-bond donors (Lipinski definition) is 0. The minimum atomic E-state index is -0.258. The largest absolute Gasteiger partial charge is 0.459 e. The number of carbonyl (C=O) groups is 1. The lowest BCUT2D eigenvalue weighted by Gasteiger charge is -2.24. The van der Waals surface area contributed by atoms with Crippen molar-refractivity contribution in [3.8, 4) is 0 Å². The van der Waals surface area contributed by atoms with Crippen LogP contribution in [0.3, 0.4) is 0 Å². The average molecular weight is 317 g/mol. The van der Waals surface area contributed by atoms with Crippen molar-refractivity contribution in [2.75, 3.05) is 11.4 Å². The van der Waals surface area contributed by atoms with Crippen LogP contribution in [-0.4, -0.2) is 12.5 Å². The van der Waals surface area contributed by atoms with Gasteiger partial charge in [-0.25, -0.2) is 0 Å². The highest BCUT2D eigenvalue weighted by molar-refractivity contribution is 5.80. The highest BCUT2D eigenvalue weighted by Gasteiger charge is 2.14. The van der Waals surface area contributed by atoms with Gasteiger partial charge in [-0.1, -0.05) is 66.7 Å². The van der Waals surface area contributed by atoms with E-state index in [2.05, 4.69) is 0 Å². The fourth-order valence-electron chi connectivity index (χ4n) is 2.46. The summed E-state index contributed by atoms with van der Waals surface area (Å²) < 4.78 is 5.42. The Balaban J connectivity index is 1.71. The molecule has 0 heterocycles. The van der Waals surface area contributed by atoms with Crippen LogP contribution < -0.4 is 4.90 Å². The van der Waals surface area contributed by atoms with Gasteiger partial charge < -0.3 is 9.64 Å². The molecule has 120 valence electrons. The molecule has 0 aliphatic heterocycles. The van der Waals surface area contributed by atoms with Crippen molar-refractivity contribution in [3.63, 3.8) is 0 Å². The third-order valence-electron chi connectivity index (χ3n) is 3.67. The maximum atomic E-state index is 12.3. The summed E-state index contributed by atoms with van der Waals surface area (Å²) in [5.74, 6) is -0.258. The fourth-order valence-corrected chi connectivity index (χ4v) is 2.46. The Labute approximate surface area is 142 Å². The SMILES string of the molecule is O=C(CN(c1ccccc1)c1ccccc1)OCc1ccccc1. The van der Waals surface area contributed by atoms with Gasteiger partial charge in [-0.2, -0.15) is 0 Å². The Morgan fingerprint density at radius 2 is 1.17 bits per heavy atom. The third-order valence-corrected chi connectivity index (χ3v) is 3.67. The van der Waals surface area contributed by atoms with E-state index in [0.717, 1.165) is 16.9 Å². The molecule has 0 amide bonds. The van der Waals surface area contributed by atoms with Gasteiger partial charge in [0.25, 0.3) is 0 Å². The molecule has 0 bridgehead atoms. The number of rotatable bonds is 6. The minimum absolute atomic E-state index is 0.168. The predicted molar refractivity (Wildman–Crippen MR) is 96.1 cm³/mol. The molecule has 0 saturated carbocycles. The number of para-hydroxylation sites is 2. The smallest absolute Gasteiger partial charge is 0.326 e. The third kappa shape index (κ3) is 4.23. The summed E-state index contributed by atoms with van der Waals surface area (Å²) in [5.41, 5.74) is 2.90. The Morgan fingerprint density at radius 1 is 0.708 bits per heavy atom. The van der Waals surface area contributed by atoms with Crippen LogP contribution in [0.15, 0.2) is 91.0 Å². The second-order valence-corrected chi connectivity index (χ2v) is 5.40. The summed E-state index contributed by atoms with van der Waals surface area (Å²) in [6.45, 7) is 0.456. The zero-order valence-corrected chi connectivity index (χ0v) is 13.3. The molecular weight excluding hydrogens is 298 g/mol. The van der Waals surface area contributed by atoms with E-state index >= 15 is 0 Å². The van der Waals surface area contributed by atoms with Crippen LogP contribution in [0.25, 0.3) is 0 Å². The molecule has 0 saturated heterocycles. The molecule has 0 spiro atoms. The molecule has 0 N–H and O–H groups in total. The van der Waals surface area contributed by atoms with Crippen molar-refractivity contribution in [1.82, 2.24) is 0 Å². The lowest BCUT2D eigenvalue weighted by molar-refractivity contribution is -0.143. The Bertz CT molecular complexity index is 718. The minimum Gasteiger partial charge on any atom is -0.459 e. The predicted octanol–water partition coefficient (Wildman–Crippen LogP) is 4.57. The van der Waals surface area contributed by atoms with E-state index in [0.29, 0.717) is 0 Å². The first kappa shape index (κ1) is 15.8. The fraction of sp³-hybridized carbons (Fsp3) is 0.0952. The zero-order chi connectivity index (χ0) is 16.6. The first-order chi connectivity index (χ1) is 11.8. The van der Waals surface area contributed by atoms with Gasteiger partial charge in [-0.15, -0.1) is 0 Å². The van der Waals surface area contributed by atoms with Crippen LogP contribution >= 0.6 is 0 Å². The molecule has 0 aromatic heterocycles. The summed E-state index contributed by atoms with van der Waals surface area (Å²) >= 11 is 0. The zero-order valence-electron chi connectivity index (χ0n) is 13.3. The summed E-state index contributed by atoms with van der Waals surface area (Å²) in [7, 11) is 0. The summed E-state index contributed by atoms with van der Waals surface area (Å²) in [4.78, 5) is 14.3. The Morgan fingerprint density at radius 3 is 1.67 bits per heavy atom. The van der Waals surface area contributed by atoms with E-state index in [9.17, 15) is 4.79 Å². The normalized spacial score (nSPS) is 10.2. The van der Waals surface area contributed by atoms with Gasteiger partial charge in [-0.3, -0.25) is 4.79 Å². The average Bonchev–Trinajstić information content (AvgIpc) is 2.67. The number of anilines is 2. The number of esters is 1. The van der Waals surface area contributed by atoms with Crippen LogP contribution in [0.5, 0.6) is 0 Å². The molecule has 24 heavy (non-hydrogen) atoms. The monoisotopic (exact) mass is 317 g/mol. The molecule has 0 radical (unpaired) electrons. The van der Waals surface area contributed by atoms with Crippen molar-refractivity contribution >= 4 is 17.3 Å². The molecular formula is C21H19NO2. The maximum absolute atomic E-state index is 12.3. The van der Waals surface area contributed by atoms with Crippen molar-refractivity contribution in [1.29, 1.82) is 0 Å². The van der Waals surface area contributed by atoms with Crippen molar-refractivity contribution < 1.29 is 9.53 Å². The molecule has 0 aliphatic rings. The first-order valence-corrected chi connectivity index (χ1v) is 7.90. The molecule has 3 aromatic rings. The van der Waals surface area contributed by atoms with E-state index in [1.807, 2.05) is 95.9 Å². The van der Waals surface area contributed by atoms with Gasteiger partial charge in [0.15, 0.2) is 0 Å². The number of carbonyl (C=O) groups excluding carboxylic acids is 1. The summed E-state index contributed by atoms with van der Waals surface area (Å²) in [6.07, 6.45) is 0. The first-order valence-electron chi connectivity index (χ1n) is 7.90. The summed E-state index contributed by atoms with van der Waals surface area (Å²) in [5, 5.41) is 0. The Hall–Kier alpha value is -3.07. The molecule has 0 fully saturated rings. The van der Waals surface area contributed by atoms with Crippen molar-refractivity contribution in [2.24, 2.45) is 0 Å². The second-order valence-electron chi connectivity index (χ2n) is 5.40. The van der Waals surface area contributed by atoms with Gasteiger partial charge in [-0.05, 0) is 29.8 Å². The molecule has 3 aromatic carbocycles. The van der Waals surface area contributed by atoms with Crippen LogP contribution in [0, 0.1) is 0 Å². The van der Waals surface area contributed by atoms with E-state index in [1.54, 1.807) is 0 Å². The Kier molecular flexibility index (Phi) is 5.25. The molecule has 0 atom stereocenters. The lowest BCUT2D eigenvalue weighted by atomic mass is 10.2. The van der Waals surface area contributed by atoms with Gasteiger partial charge in [0.2, 0.25) is 0 Å². The van der Waals surface area contributed by atoms with Crippen LogP contribution in [0.1, 0.15) is 5.56 Å². The standard InChI is InChI=1S/C21H19NO2/c23-21(24-17-18-10-4-1-5-11-18)16-22(19-12-6-2-7-13-19)20-14-8-3-9-15-20/h1-15H,16-17H2. The quantitative estimate of drug-likeness (QED) is 0.624.